The van der Waals surface area contributed by atoms with Gasteiger partial charge in [0.1, 0.15) is 0 Å². The van der Waals surface area contributed by atoms with Crippen molar-refractivity contribution in [2.75, 3.05) is 13.2 Å². The summed E-state index contributed by atoms with van der Waals surface area (Å²) in [4.78, 5) is 0. The number of ether oxygens (including phenoxy) is 1. The lowest BCUT2D eigenvalue weighted by atomic mass is 9.97. The molecule has 2 unspecified atom stereocenters. The van der Waals surface area contributed by atoms with E-state index in [1.807, 2.05) is 19.1 Å². The minimum absolute atomic E-state index is 0.119. The van der Waals surface area contributed by atoms with Crippen LogP contribution in [0.25, 0.3) is 0 Å². The van der Waals surface area contributed by atoms with Crippen molar-refractivity contribution < 1.29 is 4.74 Å². The molecule has 0 bridgehead atoms. The van der Waals surface area contributed by atoms with E-state index in [4.69, 9.17) is 27.9 Å². The zero-order valence-electron chi connectivity index (χ0n) is 12.2. The summed E-state index contributed by atoms with van der Waals surface area (Å²) in [5.74, 6) is 0.638. The van der Waals surface area contributed by atoms with E-state index >= 15 is 0 Å². The van der Waals surface area contributed by atoms with Crippen molar-refractivity contribution >= 4 is 23.2 Å². The Morgan fingerprint density at radius 3 is 2.65 bits per heavy atom. The Kier molecular flexibility index (Phi) is 6.16. The van der Waals surface area contributed by atoms with Crippen LogP contribution >= 0.6 is 23.2 Å². The number of nitrogens with one attached hydrogen (secondary N) is 1. The standard InChI is InChI=1S/C16H23Cl2NO/c1-3-10-19-15(16(20-4-2)11-8-9-11)12-6-5-7-13(17)14(12)18/h5-7,11,15-16,19H,3-4,8-10H2,1-2H3. The first-order valence-electron chi connectivity index (χ1n) is 7.47. The number of hydrogen-bond donors (Lipinski definition) is 1. The van der Waals surface area contributed by atoms with Crippen LogP contribution in [0.3, 0.4) is 0 Å². The molecular formula is C16H23Cl2NO. The molecule has 1 aliphatic carbocycles. The summed E-state index contributed by atoms with van der Waals surface area (Å²) in [7, 11) is 0. The van der Waals surface area contributed by atoms with Gasteiger partial charge in [0.25, 0.3) is 0 Å². The van der Waals surface area contributed by atoms with Crippen LogP contribution in [-0.2, 0) is 4.74 Å². The molecule has 0 spiro atoms. The van der Waals surface area contributed by atoms with E-state index in [9.17, 15) is 0 Å². The SMILES string of the molecule is CCCNC(c1cccc(Cl)c1Cl)C(OCC)C1CC1. The van der Waals surface area contributed by atoms with Crippen LogP contribution in [0.1, 0.15) is 44.7 Å². The van der Waals surface area contributed by atoms with Gasteiger partial charge in [0.15, 0.2) is 0 Å². The van der Waals surface area contributed by atoms with E-state index in [1.54, 1.807) is 0 Å². The second-order valence-electron chi connectivity index (χ2n) is 5.33. The van der Waals surface area contributed by atoms with E-state index in [2.05, 4.69) is 18.3 Å². The number of hydrogen-bond acceptors (Lipinski definition) is 2. The molecule has 4 heteroatoms. The molecule has 1 aliphatic rings. The molecule has 112 valence electrons. The van der Waals surface area contributed by atoms with Crippen LogP contribution in [0.2, 0.25) is 10.0 Å². The van der Waals surface area contributed by atoms with Gasteiger partial charge in [-0.1, -0.05) is 42.3 Å². The van der Waals surface area contributed by atoms with Gasteiger partial charge in [-0.05, 0) is 50.3 Å². The average Bonchev–Trinajstić information content (AvgIpc) is 3.26. The minimum atomic E-state index is 0.119. The lowest BCUT2D eigenvalue weighted by Gasteiger charge is -2.29. The molecule has 2 atom stereocenters. The first-order valence-corrected chi connectivity index (χ1v) is 8.23. The second kappa shape index (κ2) is 7.65. The zero-order valence-corrected chi connectivity index (χ0v) is 13.7. The molecule has 0 heterocycles. The maximum Gasteiger partial charge on any atom is 0.0798 e. The largest absolute Gasteiger partial charge is 0.376 e. The van der Waals surface area contributed by atoms with Crippen LogP contribution in [0.15, 0.2) is 18.2 Å². The van der Waals surface area contributed by atoms with Crippen LogP contribution in [0, 0.1) is 5.92 Å². The van der Waals surface area contributed by atoms with Gasteiger partial charge in [-0.15, -0.1) is 0 Å². The maximum absolute atomic E-state index is 6.41. The predicted molar refractivity (Wildman–Crippen MR) is 85.6 cm³/mol. The Morgan fingerprint density at radius 1 is 1.30 bits per heavy atom. The van der Waals surface area contributed by atoms with Crippen LogP contribution < -0.4 is 5.32 Å². The third-order valence-electron chi connectivity index (χ3n) is 3.71. The molecule has 0 aliphatic heterocycles. The summed E-state index contributed by atoms with van der Waals surface area (Å²) in [5.41, 5.74) is 1.05. The van der Waals surface area contributed by atoms with Gasteiger partial charge in [-0.2, -0.15) is 0 Å². The molecule has 0 aromatic heterocycles. The quantitative estimate of drug-likeness (QED) is 0.740. The molecule has 0 amide bonds. The highest BCUT2D eigenvalue weighted by Gasteiger charge is 2.38. The highest BCUT2D eigenvalue weighted by atomic mass is 35.5. The summed E-state index contributed by atoms with van der Waals surface area (Å²) in [5, 5.41) is 4.85. The van der Waals surface area contributed by atoms with Crippen molar-refractivity contribution in [3.63, 3.8) is 0 Å². The second-order valence-corrected chi connectivity index (χ2v) is 6.12. The average molecular weight is 316 g/mol. The Morgan fingerprint density at radius 2 is 2.05 bits per heavy atom. The number of halogens is 2. The van der Waals surface area contributed by atoms with Crippen LogP contribution in [0.5, 0.6) is 0 Å². The van der Waals surface area contributed by atoms with E-state index in [0.717, 1.165) is 25.1 Å². The van der Waals surface area contributed by atoms with Crippen LogP contribution in [-0.4, -0.2) is 19.3 Å². The fourth-order valence-electron chi connectivity index (χ4n) is 2.59. The number of rotatable bonds is 8. The zero-order chi connectivity index (χ0) is 14.5. The van der Waals surface area contributed by atoms with E-state index in [-0.39, 0.29) is 12.1 Å². The highest BCUT2D eigenvalue weighted by molar-refractivity contribution is 6.42. The first kappa shape index (κ1) is 16.1. The van der Waals surface area contributed by atoms with Gasteiger partial charge in [-0.25, -0.2) is 0 Å². The molecule has 1 aromatic carbocycles. The molecule has 2 nitrogen and oxygen atoms in total. The normalized spacial score (nSPS) is 18.0. The Balaban J connectivity index is 2.27. The molecule has 20 heavy (non-hydrogen) atoms. The van der Waals surface area contributed by atoms with Crippen molar-refractivity contribution in [2.24, 2.45) is 5.92 Å². The summed E-state index contributed by atoms with van der Waals surface area (Å²) in [6.07, 6.45) is 3.75. The van der Waals surface area contributed by atoms with E-state index in [1.165, 1.54) is 12.8 Å². The molecule has 1 saturated carbocycles. The summed E-state index contributed by atoms with van der Waals surface area (Å²) < 4.78 is 6.01. The monoisotopic (exact) mass is 315 g/mol. The molecule has 1 aromatic rings. The smallest absolute Gasteiger partial charge is 0.0798 e. The lowest BCUT2D eigenvalue weighted by molar-refractivity contribution is 0.0186. The van der Waals surface area contributed by atoms with Crippen molar-refractivity contribution in [1.82, 2.24) is 5.32 Å². The fourth-order valence-corrected chi connectivity index (χ4v) is 3.01. The maximum atomic E-state index is 6.41. The number of benzene rings is 1. The van der Waals surface area contributed by atoms with Gasteiger partial charge in [0.2, 0.25) is 0 Å². The van der Waals surface area contributed by atoms with Crippen molar-refractivity contribution in [2.45, 2.75) is 45.3 Å². The van der Waals surface area contributed by atoms with E-state index < -0.39 is 0 Å². The first-order chi connectivity index (χ1) is 9.69. The lowest BCUT2D eigenvalue weighted by Crippen LogP contribution is -2.36. The molecule has 0 radical (unpaired) electrons. The van der Waals surface area contributed by atoms with Crippen LogP contribution in [0.4, 0.5) is 0 Å². The summed E-state index contributed by atoms with van der Waals surface area (Å²) >= 11 is 12.6. The van der Waals surface area contributed by atoms with Gasteiger partial charge in [0.05, 0.1) is 22.2 Å². The Hall–Kier alpha value is -0.280. The minimum Gasteiger partial charge on any atom is -0.376 e. The van der Waals surface area contributed by atoms with Gasteiger partial charge < -0.3 is 10.1 Å². The fraction of sp³-hybridized carbons (Fsp3) is 0.625. The molecule has 1 fully saturated rings. The predicted octanol–water partition coefficient (Wildman–Crippen LogP) is 4.85. The Bertz CT molecular complexity index is 434. The molecule has 0 saturated heterocycles. The third kappa shape index (κ3) is 3.88. The molecule has 2 rings (SSSR count). The Labute approximate surface area is 131 Å². The van der Waals surface area contributed by atoms with Gasteiger partial charge >= 0.3 is 0 Å². The van der Waals surface area contributed by atoms with Crippen molar-refractivity contribution in [3.8, 4) is 0 Å². The third-order valence-corrected chi connectivity index (χ3v) is 4.54. The molecular weight excluding hydrogens is 293 g/mol. The van der Waals surface area contributed by atoms with Gasteiger partial charge in [-0.3, -0.25) is 0 Å². The van der Waals surface area contributed by atoms with Crippen molar-refractivity contribution in [3.05, 3.63) is 33.8 Å². The summed E-state index contributed by atoms with van der Waals surface area (Å²) in [6, 6.07) is 5.96. The molecule has 1 N–H and O–H groups in total. The summed E-state index contributed by atoms with van der Waals surface area (Å²) in [6.45, 7) is 5.88. The van der Waals surface area contributed by atoms with E-state index in [0.29, 0.717) is 16.0 Å². The topological polar surface area (TPSA) is 21.3 Å². The highest BCUT2D eigenvalue weighted by Crippen LogP contribution is 2.42. The van der Waals surface area contributed by atoms with Crippen molar-refractivity contribution in [1.29, 1.82) is 0 Å². The van der Waals surface area contributed by atoms with Gasteiger partial charge in [0, 0.05) is 6.61 Å².